The smallest absolute Gasteiger partial charge is 0.288 e. The molecule has 2 aromatic heterocycles. The van der Waals surface area contributed by atoms with Crippen LogP contribution in [0.5, 0.6) is 11.5 Å². The second-order valence-electron chi connectivity index (χ2n) is 7.89. The SMILES string of the molecule is Cc1cc(Oc2c(F)cccc2F)ccc1-c1cn([C@@H]2CCNC2)c2c(=O)[nH]nc(N)c12. The van der Waals surface area contributed by atoms with Gasteiger partial charge in [0, 0.05) is 24.3 Å². The van der Waals surface area contributed by atoms with Gasteiger partial charge in [-0.15, -0.1) is 0 Å². The first-order chi connectivity index (χ1) is 15.4. The van der Waals surface area contributed by atoms with Gasteiger partial charge in [0.05, 0.1) is 5.39 Å². The van der Waals surface area contributed by atoms with E-state index in [2.05, 4.69) is 15.5 Å². The van der Waals surface area contributed by atoms with Crippen LogP contribution in [0.15, 0.2) is 47.4 Å². The van der Waals surface area contributed by atoms with Gasteiger partial charge in [0.15, 0.2) is 23.2 Å². The molecule has 4 N–H and O–H groups in total. The molecule has 0 spiro atoms. The molecule has 164 valence electrons. The molecule has 3 heterocycles. The van der Waals surface area contributed by atoms with Crippen LogP contribution >= 0.6 is 0 Å². The van der Waals surface area contributed by atoms with Crippen LogP contribution in [-0.4, -0.2) is 27.9 Å². The van der Waals surface area contributed by atoms with Gasteiger partial charge < -0.3 is 20.4 Å². The van der Waals surface area contributed by atoms with Gasteiger partial charge in [-0.25, -0.2) is 13.9 Å². The van der Waals surface area contributed by atoms with Crippen molar-refractivity contribution >= 4 is 16.7 Å². The molecule has 0 aliphatic carbocycles. The number of hydrogen-bond acceptors (Lipinski definition) is 5. The van der Waals surface area contributed by atoms with E-state index in [1.54, 1.807) is 18.2 Å². The van der Waals surface area contributed by atoms with E-state index in [1.165, 1.54) is 6.07 Å². The Morgan fingerprint density at radius 1 is 1.19 bits per heavy atom. The van der Waals surface area contributed by atoms with Crippen LogP contribution in [0.1, 0.15) is 18.0 Å². The van der Waals surface area contributed by atoms with E-state index in [-0.39, 0.29) is 17.4 Å². The minimum Gasteiger partial charge on any atom is -0.451 e. The highest BCUT2D eigenvalue weighted by molar-refractivity contribution is 6.02. The first-order valence-corrected chi connectivity index (χ1v) is 10.3. The van der Waals surface area contributed by atoms with Crippen LogP contribution in [0.3, 0.4) is 0 Å². The monoisotopic (exact) mass is 437 g/mol. The molecule has 5 rings (SSSR count). The lowest BCUT2D eigenvalue weighted by Crippen LogP contribution is -2.18. The number of nitrogens with two attached hydrogens (primary N) is 1. The first-order valence-electron chi connectivity index (χ1n) is 10.3. The number of ether oxygens (including phenoxy) is 1. The standard InChI is InChI=1S/C23H21F2N5O2/c1-12-9-14(32-21-17(24)3-2-4-18(21)25)5-6-15(12)16-11-30(13-7-8-27-10-13)20-19(16)22(26)28-29-23(20)31/h2-6,9,11,13,27H,7-8,10H2,1H3,(H2,26,28)(H,29,31)/t13-/m1/s1. The van der Waals surface area contributed by atoms with Crippen LogP contribution in [0.25, 0.3) is 22.0 Å². The molecule has 0 amide bonds. The van der Waals surface area contributed by atoms with Crippen molar-refractivity contribution in [3.8, 4) is 22.6 Å². The number of hydrogen-bond donors (Lipinski definition) is 3. The number of aromatic amines is 1. The van der Waals surface area contributed by atoms with Crippen LogP contribution in [0, 0.1) is 18.6 Å². The summed E-state index contributed by atoms with van der Waals surface area (Å²) in [5.41, 5.74) is 8.73. The summed E-state index contributed by atoms with van der Waals surface area (Å²) in [6.07, 6.45) is 2.82. The zero-order chi connectivity index (χ0) is 22.4. The number of nitrogen functional groups attached to an aromatic ring is 1. The third-order valence-corrected chi connectivity index (χ3v) is 5.84. The van der Waals surface area contributed by atoms with Crippen molar-refractivity contribution in [1.82, 2.24) is 20.1 Å². The third kappa shape index (κ3) is 3.31. The summed E-state index contributed by atoms with van der Waals surface area (Å²) in [4.78, 5) is 12.7. The number of aromatic nitrogens is 3. The van der Waals surface area contributed by atoms with Gasteiger partial charge in [-0.3, -0.25) is 4.79 Å². The molecule has 1 aliphatic rings. The fourth-order valence-corrected chi connectivity index (χ4v) is 4.30. The molecule has 0 unspecified atom stereocenters. The Balaban J connectivity index is 1.62. The summed E-state index contributed by atoms with van der Waals surface area (Å²) in [5.74, 6) is -1.49. The minimum absolute atomic E-state index is 0.126. The summed E-state index contributed by atoms with van der Waals surface area (Å²) in [6, 6.07) is 8.79. The molecule has 1 atom stereocenters. The Hall–Kier alpha value is -3.72. The second kappa shape index (κ2) is 7.76. The number of aryl methyl sites for hydroxylation is 1. The highest BCUT2D eigenvalue weighted by Crippen LogP contribution is 2.38. The highest BCUT2D eigenvalue weighted by Gasteiger charge is 2.24. The van der Waals surface area contributed by atoms with Crippen molar-refractivity contribution in [2.45, 2.75) is 19.4 Å². The molecule has 0 radical (unpaired) electrons. The average molecular weight is 437 g/mol. The highest BCUT2D eigenvalue weighted by atomic mass is 19.1. The van der Waals surface area contributed by atoms with Crippen LogP contribution < -0.4 is 21.3 Å². The number of nitrogens with zero attached hydrogens (tertiary/aromatic N) is 2. The number of H-pyrrole nitrogens is 1. The molecular formula is C23H21F2N5O2. The van der Waals surface area contributed by atoms with E-state index >= 15 is 0 Å². The molecule has 1 fully saturated rings. The summed E-state index contributed by atoms with van der Waals surface area (Å²) in [7, 11) is 0. The number of halogens is 2. The fourth-order valence-electron chi connectivity index (χ4n) is 4.30. The van der Waals surface area contributed by atoms with Crippen molar-refractivity contribution < 1.29 is 13.5 Å². The second-order valence-corrected chi connectivity index (χ2v) is 7.89. The van der Waals surface area contributed by atoms with Crippen LogP contribution in [-0.2, 0) is 0 Å². The van der Waals surface area contributed by atoms with Crippen molar-refractivity contribution in [2.75, 3.05) is 18.8 Å². The van der Waals surface area contributed by atoms with Crippen molar-refractivity contribution in [3.63, 3.8) is 0 Å². The van der Waals surface area contributed by atoms with E-state index in [4.69, 9.17) is 10.5 Å². The number of benzene rings is 2. The summed E-state index contributed by atoms with van der Waals surface area (Å²) in [6.45, 7) is 3.48. The molecule has 1 aliphatic heterocycles. The number of fused-ring (bicyclic) bond motifs is 1. The van der Waals surface area contributed by atoms with Crippen molar-refractivity contribution in [2.24, 2.45) is 0 Å². The number of rotatable bonds is 4. The fraction of sp³-hybridized carbons (Fsp3) is 0.217. The van der Waals surface area contributed by atoms with Crippen LogP contribution in [0.2, 0.25) is 0 Å². The third-order valence-electron chi connectivity index (χ3n) is 5.84. The summed E-state index contributed by atoms with van der Waals surface area (Å²) in [5, 5.41) is 10.3. The van der Waals surface area contributed by atoms with E-state index in [0.29, 0.717) is 16.7 Å². The van der Waals surface area contributed by atoms with E-state index in [9.17, 15) is 13.6 Å². The average Bonchev–Trinajstić information content (AvgIpc) is 3.42. The predicted molar refractivity (Wildman–Crippen MR) is 118 cm³/mol. The zero-order valence-electron chi connectivity index (χ0n) is 17.3. The molecular weight excluding hydrogens is 416 g/mol. The largest absolute Gasteiger partial charge is 0.451 e. The molecule has 32 heavy (non-hydrogen) atoms. The Morgan fingerprint density at radius 2 is 1.97 bits per heavy atom. The Morgan fingerprint density at radius 3 is 2.66 bits per heavy atom. The molecule has 2 aromatic carbocycles. The minimum atomic E-state index is -0.780. The lowest BCUT2D eigenvalue weighted by atomic mass is 10.0. The molecule has 9 heteroatoms. The van der Waals surface area contributed by atoms with Gasteiger partial charge in [-0.1, -0.05) is 12.1 Å². The van der Waals surface area contributed by atoms with Crippen molar-refractivity contribution in [3.05, 3.63) is 70.1 Å². The lowest BCUT2D eigenvalue weighted by molar-refractivity contribution is 0.407. The molecule has 1 saturated heterocycles. The summed E-state index contributed by atoms with van der Waals surface area (Å²) < 4.78 is 35.4. The maximum atomic E-state index is 14.0. The number of para-hydroxylation sites is 1. The number of anilines is 1. The molecule has 0 saturated carbocycles. The first kappa shape index (κ1) is 20.2. The molecule has 4 aromatic rings. The Labute approximate surface area is 181 Å². The van der Waals surface area contributed by atoms with E-state index in [0.717, 1.165) is 48.3 Å². The van der Waals surface area contributed by atoms with Gasteiger partial charge in [0.2, 0.25) is 0 Å². The van der Waals surface area contributed by atoms with E-state index < -0.39 is 17.4 Å². The van der Waals surface area contributed by atoms with Gasteiger partial charge in [0.25, 0.3) is 5.56 Å². The number of nitrogens with one attached hydrogen (secondary N) is 2. The Kier molecular flexibility index (Phi) is 4.90. The van der Waals surface area contributed by atoms with Gasteiger partial charge in [0.1, 0.15) is 11.3 Å². The Bertz CT molecular complexity index is 1370. The predicted octanol–water partition coefficient (Wildman–Crippen LogP) is 3.89. The van der Waals surface area contributed by atoms with Crippen LogP contribution in [0.4, 0.5) is 14.6 Å². The van der Waals surface area contributed by atoms with Gasteiger partial charge in [-0.05, 0) is 55.3 Å². The maximum absolute atomic E-state index is 14.0. The van der Waals surface area contributed by atoms with Gasteiger partial charge in [-0.2, -0.15) is 5.10 Å². The van der Waals surface area contributed by atoms with Gasteiger partial charge >= 0.3 is 0 Å². The topological polar surface area (TPSA) is 98.0 Å². The molecule has 7 nitrogen and oxygen atoms in total. The van der Waals surface area contributed by atoms with E-state index in [1.807, 2.05) is 17.7 Å². The normalized spacial score (nSPS) is 16.0. The molecule has 0 bridgehead atoms. The van der Waals surface area contributed by atoms with Crippen molar-refractivity contribution in [1.29, 1.82) is 0 Å². The zero-order valence-corrected chi connectivity index (χ0v) is 17.3. The summed E-state index contributed by atoms with van der Waals surface area (Å²) >= 11 is 0. The lowest BCUT2D eigenvalue weighted by Gasteiger charge is -2.12. The maximum Gasteiger partial charge on any atom is 0.288 e. The quantitative estimate of drug-likeness (QED) is 0.450.